The van der Waals surface area contributed by atoms with E-state index in [1.54, 1.807) is 12.1 Å². The minimum Gasteiger partial charge on any atom is -0.465 e. The van der Waals surface area contributed by atoms with Gasteiger partial charge in [-0.05, 0) is 23.8 Å². The van der Waals surface area contributed by atoms with Crippen molar-refractivity contribution in [1.82, 2.24) is 4.98 Å². The van der Waals surface area contributed by atoms with Gasteiger partial charge in [0.05, 0.1) is 18.2 Å². The second-order valence-electron chi connectivity index (χ2n) is 3.99. The first kappa shape index (κ1) is 14.0. The largest absolute Gasteiger partial charge is 0.465 e. The molecule has 0 aliphatic carbocycles. The monoisotopic (exact) mass is 281 g/mol. The molecular weight excluding hydrogens is 271 g/mol. The molecule has 104 valence electrons. The molecule has 0 aliphatic rings. The summed E-state index contributed by atoms with van der Waals surface area (Å²) < 4.78 is 43.4. The van der Waals surface area contributed by atoms with E-state index < -0.39 is 23.3 Å². The fourth-order valence-electron chi connectivity index (χ4n) is 1.78. The van der Waals surface area contributed by atoms with Crippen LogP contribution in [0.4, 0.5) is 13.2 Å². The van der Waals surface area contributed by atoms with Crippen molar-refractivity contribution >= 4 is 5.97 Å². The van der Waals surface area contributed by atoms with Crippen LogP contribution in [0.15, 0.2) is 42.7 Å². The Morgan fingerprint density at radius 3 is 2.50 bits per heavy atom. The highest BCUT2D eigenvalue weighted by molar-refractivity contribution is 5.92. The first-order chi connectivity index (χ1) is 9.43. The average Bonchev–Trinajstić information content (AvgIpc) is 2.46. The smallest absolute Gasteiger partial charge is 0.417 e. The molecule has 2 aromatic rings. The van der Waals surface area contributed by atoms with E-state index in [4.69, 9.17) is 0 Å². The van der Waals surface area contributed by atoms with Gasteiger partial charge in [0.1, 0.15) is 0 Å². The van der Waals surface area contributed by atoms with Crippen LogP contribution in [0.2, 0.25) is 0 Å². The van der Waals surface area contributed by atoms with Crippen LogP contribution in [0, 0.1) is 0 Å². The van der Waals surface area contributed by atoms with Gasteiger partial charge in [-0.2, -0.15) is 13.2 Å². The number of methoxy groups -OCH3 is 1. The van der Waals surface area contributed by atoms with Gasteiger partial charge in [-0.3, -0.25) is 4.98 Å². The summed E-state index contributed by atoms with van der Waals surface area (Å²) >= 11 is 0. The molecule has 0 saturated carbocycles. The standard InChI is InChI=1S/C14H10F3NO2/c1-20-13(19)11-5-4-9(7-12(11)14(15,16)17)10-3-2-6-18-8-10/h2-8H,1H3. The molecule has 0 spiro atoms. The predicted molar refractivity (Wildman–Crippen MR) is 66.0 cm³/mol. The molecule has 3 nitrogen and oxygen atoms in total. The summed E-state index contributed by atoms with van der Waals surface area (Å²) in [7, 11) is 1.04. The summed E-state index contributed by atoms with van der Waals surface area (Å²) in [4.78, 5) is 15.2. The van der Waals surface area contributed by atoms with Gasteiger partial charge in [0.2, 0.25) is 0 Å². The molecule has 1 aromatic carbocycles. The third-order valence-electron chi connectivity index (χ3n) is 2.73. The summed E-state index contributed by atoms with van der Waals surface area (Å²) in [5.41, 5.74) is -0.661. The van der Waals surface area contributed by atoms with Crippen molar-refractivity contribution in [1.29, 1.82) is 0 Å². The van der Waals surface area contributed by atoms with Gasteiger partial charge in [-0.1, -0.05) is 12.1 Å². The van der Waals surface area contributed by atoms with Crippen LogP contribution in [0.1, 0.15) is 15.9 Å². The van der Waals surface area contributed by atoms with E-state index in [1.165, 1.54) is 18.5 Å². The predicted octanol–water partition coefficient (Wildman–Crippen LogP) is 3.55. The van der Waals surface area contributed by atoms with Crippen molar-refractivity contribution in [3.8, 4) is 11.1 Å². The summed E-state index contributed by atoms with van der Waals surface area (Å²) in [5, 5.41) is 0. The maximum Gasteiger partial charge on any atom is 0.417 e. The fourth-order valence-corrected chi connectivity index (χ4v) is 1.78. The van der Waals surface area contributed by atoms with Crippen LogP contribution in [-0.4, -0.2) is 18.1 Å². The Kier molecular flexibility index (Phi) is 3.74. The molecule has 0 bridgehead atoms. The number of benzene rings is 1. The second kappa shape index (κ2) is 5.32. The van der Waals surface area contributed by atoms with E-state index >= 15 is 0 Å². The molecule has 6 heteroatoms. The maximum atomic E-state index is 13.0. The third-order valence-corrected chi connectivity index (χ3v) is 2.73. The molecule has 0 amide bonds. The van der Waals surface area contributed by atoms with E-state index in [0.29, 0.717) is 11.1 Å². The highest BCUT2D eigenvalue weighted by Gasteiger charge is 2.35. The van der Waals surface area contributed by atoms with Crippen LogP contribution in [0.5, 0.6) is 0 Å². The Hall–Kier alpha value is -2.37. The third kappa shape index (κ3) is 2.79. The topological polar surface area (TPSA) is 39.2 Å². The molecule has 0 aliphatic heterocycles. The zero-order valence-corrected chi connectivity index (χ0v) is 10.4. The highest BCUT2D eigenvalue weighted by atomic mass is 19.4. The first-order valence-corrected chi connectivity index (χ1v) is 5.63. The van der Waals surface area contributed by atoms with Crippen LogP contribution in [0.25, 0.3) is 11.1 Å². The van der Waals surface area contributed by atoms with E-state index in [-0.39, 0.29) is 0 Å². The molecule has 0 unspecified atom stereocenters. The average molecular weight is 281 g/mol. The lowest BCUT2D eigenvalue weighted by molar-refractivity contribution is -0.138. The number of hydrogen-bond acceptors (Lipinski definition) is 3. The molecule has 0 radical (unpaired) electrons. The number of hydrogen-bond donors (Lipinski definition) is 0. The Balaban J connectivity index is 2.58. The number of nitrogens with zero attached hydrogens (tertiary/aromatic N) is 1. The minimum absolute atomic E-state index is 0.332. The summed E-state index contributed by atoms with van der Waals surface area (Å²) in [5.74, 6) is -1.02. The van der Waals surface area contributed by atoms with Crippen molar-refractivity contribution in [2.24, 2.45) is 0 Å². The molecule has 0 atom stereocenters. The summed E-state index contributed by atoms with van der Waals surface area (Å²) in [6, 6.07) is 6.72. The molecular formula is C14H10F3NO2. The van der Waals surface area contributed by atoms with Gasteiger partial charge >= 0.3 is 12.1 Å². The van der Waals surface area contributed by atoms with Gasteiger partial charge in [-0.25, -0.2) is 4.79 Å². The van der Waals surface area contributed by atoms with Crippen molar-refractivity contribution < 1.29 is 22.7 Å². The molecule has 0 N–H and O–H groups in total. The Morgan fingerprint density at radius 1 is 1.20 bits per heavy atom. The number of pyridine rings is 1. The zero-order valence-electron chi connectivity index (χ0n) is 10.4. The van der Waals surface area contributed by atoms with Gasteiger partial charge in [-0.15, -0.1) is 0 Å². The fraction of sp³-hybridized carbons (Fsp3) is 0.143. The molecule has 20 heavy (non-hydrogen) atoms. The number of rotatable bonds is 2. The number of alkyl halides is 3. The zero-order chi connectivity index (χ0) is 14.8. The van der Waals surface area contributed by atoms with Crippen LogP contribution >= 0.6 is 0 Å². The van der Waals surface area contributed by atoms with Crippen LogP contribution in [0.3, 0.4) is 0 Å². The van der Waals surface area contributed by atoms with Crippen molar-refractivity contribution in [2.45, 2.75) is 6.18 Å². The van der Waals surface area contributed by atoms with Gasteiger partial charge in [0, 0.05) is 18.0 Å². The number of carbonyl (C=O) groups is 1. The quantitative estimate of drug-likeness (QED) is 0.790. The van der Waals surface area contributed by atoms with Gasteiger partial charge in [0.15, 0.2) is 0 Å². The van der Waals surface area contributed by atoms with Gasteiger partial charge in [0.25, 0.3) is 0 Å². The highest BCUT2D eigenvalue weighted by Crippen LogP contribution is 2.35. The normalized spacial score (nSPS) is 11.2. The summed E-state index contributed by atoms with van der Waals surface area (Å²) in [6.07, 6.45) is -1.66. The van der Waals surface area contributed by atoms with E-state index in [1.807, 2.05) is 0 Å². The number of aromatic nitrogens is 1. The summed E-state index contributed by atoms with van der Waals surface area (Å²) in [6.45, 7) is 0. The van der Waals surface area contributed by atoms with Gasteiger partial charge < -0.3 is 4.74 Å². The number of halogens is 3. The maximum absolute atomic E-state index is 13.0. The Morgan fingerprint density at radius 2 is 1.95 bits per heavy atom. The lowest BCUT2D eigenvalue weighted by Gasteiger charge is -2.13. The first-order valence-electron chi connectivity index (χ1n) is 5.63. The Bertz CT molecular complexity index is 624. The number of carbonyl (C=O) groups excluding carboxylic acids is 1. The van der Waals surface area contributed by atoms with Crippen LogP contribution in [-0.2, 0) is 10.9 Å². The Labute approximate surface area is 113 Å². The van der Waals surface area contributed by atoms with Crippen molar-refractivity contribution in [3.63, 3.8) is 0 Å². The van der Waals surface area contributed by atoms with Crippen molar-refractivity contribution in [3.05, 3.63) is 53.9 Å². The number of ether oxygens (including phenoxy) is 1. The minimum atomic E-state index is -4.64. The molecule has 1 aromatic heterocycles. The lowest BCUT2D eigenvalue weighted by atomic mass is 10.00. The molecule has 1 heterocycles. The molecule has 2 rings (SSSR count). The van der Waals surface area contributed by atoms with Crippen molar-refractivity contribution in [2.75, 3.05) is 7.11 Å². The molecule has 0 fully saturated rings. The van der Waals surface area contributed by atoms with E-state index in [9.17, 15) is 18.0 Å². The number of esters is 1. The SMILES string of the molecule is COC(=O)c1ccc(-c2cccnc2)cc1C(F)(F)F. The van der Waals surface area contributed by atoms with E-state index in [0.717, 1.165) is 19.2 Å². The van der Waals surface area contributed by atoms with Crippen LogP contribution < -0.4 is 0 Å². The second-order valence-corrected chi connectivity index (χ2v) is 3.99. The molecule has 0 saturated heterocycles. The lowest BCUT2D eigenvalue weighted by Crippen LogP contribution is -2.14. The van der Waals surface area contributed by atoms with E-state index in [2.05, 4.69) is 9.72 Å².